The second-order valence-corrected chi connectivity index (χ2v) is 7.02. The summed E-state index contributed by atoms with van der Waals surface area (Å²) in [6.07, 6.45) is 10.2. The number of methoxy groups -OCH3 is 1. The molecule has 154 valence electrons. The number of hydrogen-bond donors (Lipinski definition) is 2. The van der Waals surface area contributed by atoms with Crippen LogP contribution in [0.1, 0.15) is 5.56 Å². The molecule has 1 unspecified atom stereocenters. The molecule has 0 saturated heterocycles. The van der Waals surface area contributed by atoms with E-state index in [2.05, 4.69) is 57.7 Å². The highest BCUT2D eigenvalue weighted by molar-refractivity contribution is 5.65. The summed E-state index contributed by atoms with van der Waals surface area (Å²) in [5.41, 5.74) is 11.5. The van der Waals surface area contributed by atoms with E-state index in [1.807, 2.05) is 72.8 Å². The van der Waals surface area contributed by atoms with Crippen LogP contribution in [0.3, 0.4) is 0 Å². The average Bonchev–Trinajstić information content (AvgIpc) is 2.84. The molecule has 5 nitrogen and oxygen atoms in total. The van der Waals surface area contributed by atoms with Crippen LogP contribution in [0.25, 0.3) is 17.2 Å². The highest BCUT2D eigenvalue weighted by atomic mass is 16.5. The Morgan fingerprint density at radius 1 is 0.806 bits per heavy atom. The van der Waals surface area contributed by atoms with Gasteiger partial charge in [0.2, 0.25) is 0 Å². The normalized spacial score (nSPS) is 16.5. The third-order valence-corrected chi connectivity index (χ3v) is 4.93. The average molecular weight is 409 g/mol. The molecule has 3 aromatic carbocycles. The number of allylic oxidation sites excluding steroid dienone is 2. The molecule has 3 aromatic rings. The fraction of sp³-hybridized carbons (Fsp3) is 0.0769. The molecule has 31 heavy (non-hydrogen) atoms. The molecule has 0 bridgehead atoms. The first-order valence-corrected chi connectivity index (χ1v) is 10.1. The van der Waals surface area contributed by atoms with Crippen molar-refractivity contribution >= 4 is 11.8 Å². The third kappa shape index (κ3) is 5.48. The van der Waals surface area contributed by atoms with E-state index in [1.54, 1.807) is 7.11 Å². The zero-order chi connectivity index (χ0) is 21.3. The van der Waals surface area contributed by atoms with E-state index in [9.17, 15) is 0 Å². The lowest BCUT2D eigenvalue weighted by atomic mass is 10.00. The predicted octanol–water partition coefficient (Wildman–Crippen LogP) is 6.22. The Labute approximate surface area is 182 Å². The van der Waals surface area contributed by atoms with Gasteiger partial charge in [-0.15, -0.1) is 0 Å². The Kier molecular flexibility index (Phi) is 6.55. The number of anilines is 1. The predicted molar refractivity (Wildman–Crippen MR) is 127 cm³/mol. The van der Waals surface area contributed by atoms with Crippen LogP contribution in [0.15, 0.2) is 119 Å². The Balaban J connectivity index is 1.35. The highest BCUT2D eigenvalue weighted by Gasteiger charge is 2.10. The molecule has 4 rings (SSSR count). The van der Waals surface area contributed by atoms with Crippen molar-refractivity contribution in [3.05, 3.63) is 114 Å². The Hall–Kier alpha value is -4.12. The van der Waals surface area contributed by atoms with Crippen LogP contribution in [-0.4, -0.2) is 13.2 Å². The van der Waals surface area contributed by atoms with Gasteiger partial charge in [-0.3, -0.25) is 10.9 Å². The standard InChI is InChI=1S/C26H24N4O/c1-31-25-17-11-20(12-18-25)19-23-9-5-6-10-26(23)28-30-29-27-24-15-13-22(14-16-24)21-7-3-2-4-8-21/h2-19,26H,1H3,(H,27,30)(H,28,29). The smallest absolute Gasteiger partial charge is 0.118 e. The molecule has 1 aliphatic carbocycles. The minimum absolute atomic E-state index is 0.0573. The van der Waals surface area contributed by atoms with Gasteiger partial charge in [-0.05, 0) is 52.6 Å². The van der Waals surface area contributed by atoms with Gasteiger partial charge in [0.25, 0.3) is 0 Å². The molecule has 0 amide bonds. The molecular formula is C26H24N4O. The number of ether oxygens (including phenoxy) is 1. The van der Waals surface area contributed by atoms with Crippen LogP contribution in [0.2, 0.25) is 0 Å². The first-order valence-electron chi connectivity index (χ1n) is 10.1. The minimum atomic E-state index is -0.0573. The second-order valence-electron chi connectivity index (χ2n) is 7.02. The zero-order valence-electron chi connectivity index (χ0n) is 17.3. The van der Waals surface area contributed by atoms with Crippen LogP contribution >= 0.6 is 0 Å². The maximum Gasteiger partial charge on any atom is 0.118 e. The van der Waals surface area contributed by atoms with E-state index in [0.717, 1.165) is 28.1 Å². The molecule has 5 heteroatoms. The number of hydrogen-bond acceptors (Lipinski definition) is 3. The largest absolute Gasteiger partial charge is 0.497 e. The van der Waals surface area contributed by atoms with Gasteiger partial charge in [-0.1, -0.05) is 89.3 Å². The van der Waals surface area contributed by atoms with Gasteiger partial charge in [0.1, 0.15) is 5.75 Å². The van der Waals surface area contributed by atoms with Gasteiger partial charge in [0, 0.05) is 0 Å². The van der Waals surface area contributed by atoms with Crippen molar-refractivity contribution in [3.63, 3.8) is 0 Å². The van der Waals surface area contributed by atoms with E-state index in [-0.39, 0.29) is 6.04 Å². The lowest BCUT2D eigenvalue weighted by Gasteiger charge is -2.16. The van der Waals surface area contributed by atoms with E-state index >= 15 is 0 Å². The van der Waals surface area contributed by atoms with E-state index in [0.29, 0.717) is 0 Å². The maximum absolute atomic E-state index is 5.22. The molecule has 0 radical (unpaired) electrons. The summed E-state index contributed by atoms with van der Waals surface area (Å²) < 4.78 is 5.22. The fourth-order valence-electron chi connectivity index (χ4n) is 3.25. The molecule has 0 heterocycles. The summed E-state index contributed by atoms with van der Waals surface area (Å²) in [5.74, 6) is 0.840. The lowest BCUT2D eigenvalue weighted by Crippen LogP contribution is -2.24. The highest BCUT2D eigenvalue weighted by Crippen LogP contribution is 2.21. The van der Waals surface area contributed by atoms with Gasteiger partial charge < -0.3 is 4.74 Å². The van der Waals surface area contributed by atoms with E-state index in [1.165, 1.54) is 5.56 Å². The Morgan fingerprint density at radius 2 is 1.55 bits per heavy atom. The molecule has 0 spiro atoms. The van der Waals surface area contributed by atoms with Gasteiger partial charge in [-0.25, -0.2) is 0 Å². The molecule has 1 atom stereocenters. The second kappa shape index (κ2) is 10.1. The molecule has 0 aromatic heterocycles. The molecule has 0 aliphatic heterocycles. The summed E-state index contributed by atoms with van der Waals surface area (Å²) in [7, 11) is 1.67. The number of nitrogens with zero attached hydrogens (tertiary/aromatic N) is 2. The Morgan fingerprint density at radius 3 is 2.29 bits per heavy atom. The number of benzene rings is 3. The molecule has 1 aliphatic rings. The van der Waals surface area contributed by atoms with Crippen molar-refractivity contribution in [1.82, 2.24) is 5.43 Å². The first kappa shape index (κ1) is 20.2. The molecule has 2 N–H and O–H groups in total. The van der Waals surface area contributed by atoms with Crippen LogP contribution in [-0.2, 0) is 0 Å². The van der Waals surface area contributed by atoms with Crippen LogP contribution in [0, 0.1) is 0 Å². The van der Waals surface area contributed by atoms with Crippen molar-refractivity contribution in [3.8, 4) is 16.9 Å². The quantitative estimate of drug-likeness (QED) is 0.360. The van der Waals surface area contributed by atoms with Crippen molar-refractivity contribution < 1.29 is 4.74 Å². The van der Waals surface area contributed by atoms with E-state index in [4.69, 9.17) is 4.74 Å². The fourth-order valence-corrected chi connectivity index (χ4v) is 3.25. The summed E-state index contributed by atoms with van der Waals surface area (Å²) in [5, 5.41) is 8.17. The number of rotatable bonds is 7. The van der Waals surface area contributed by atoms with Crippen LogP contribution in [0.4, 0.5) is 5.69 Å². The van der Waals surface area contributed by atoms with Crippen molar-refractivity contribution in [1.29, 1.82) is 0 Å². The van der Waals surface area contributed by atoms with Gasteiger partial charge >= 0.3 is 0 Å². The molecular weight excluding hydrogens is 384 g/mol. The van der Waals surface area contributed by atoms with Crippen molar-refractivity contribution in [2.24, 2.45) is 10.4 Å². The van der Waals surface area contributed by atoms with Crippen LogP contribution < -0.4 is 15.6 Å². The van der Waals surface area contributed by atoms with Crippen molar-refractivity contribution in [2.45, 2.75) is 6.04 Å². The number of nitrogens with one attached hydrogen (secondary N) is 2. The topological polar surface area (TPSA) is 58.0 Å². The lowest BCUT2D eigenvalue weighted by molar-refractivity contribution is 0.415. The zero-order valence-corrected chi connectivity index (χ0v) is 17.3. The van der Waals surface area contributed by atoms with Gasteiger partial charge in [-0.2, -0.15) is 0 Å². The molecule has 0 saturated carbocycles. The van der Waals surface area contributed by atoms with E-state index < -0.39 is 0 Å². The summed E-state index contributed by atoms with van der Waals surface area (Å²) in [4.78, 5) is 0. The van der Waals surface area contributed by atoms with Gasteiger partial charge in [0.15, 0.2) is 0 Å². The van der Waals surface area contributed by atoms with Crippen molar-refractivity contribution in [2.75, 3.05) is 12.5 Å². The first-order chi connectivity index (χ1) is 15.3. The summed E-state index contributed by atoms with van der Waals surface area (Å²) in [6, 6.07) is 26.3. The molecule has 0 fully saturated rings. The SMILES string of the molecule is COc1ccc(C=C2C=CC=CC2NN=NNc2ccc(-c3ccccc3)cc2)cc1. The van der Waals surface area contributed by atoms with Gasteiger partial charge in [0.05, 0.1) is 18.8 Å². The summed E-state index contributed by atoms with van der Waals surface area (Å²) in [6.45, 7) is 0. The maximum atomic E-state index is 5.22. The third-order valence-electron chi connectivity index (χ3n) is 4.93. The summed E-state index contributed by atoms with van der Waals surface area (Å²) >= 11 is 0. The Bertz CT molecular complexity index is 1100. The van der Waals surface area contributed by atoms with Crippen LogP contribution in [0.5, 0.6) is 5.75 Å². The monoisotopic (exact) mass is 408 g/mol. The minimum Gasteiger partial charge on any atom is -0.497 e.